The predicted octanol–water partition coefficient (Wildman–Crippen LogP) is 13.2. The molecule has 0 saturated heterocycles. The molecule has 7 heteroatoms. The maximum Gasteiger partial charge on any atom is 2.00 e. The molecule has 3 aromatic rings. The number of halogens is 1. The van der Waals surface area contributed by atoms with Gasteiger partial charge in [-0.15, -0.1) is 0 Å². The molecular formula is C40H62ClFeN3Si2. The summed E-state index contributed by atoms with van der Waals surface area (Å²) in [7, 11) is -1.84. The molecule has 3 rings (SSSR count). The van der Waals surface area contributed by atoms with E-state index in [2.05, 4.69) is 99.7 Å². The van der Waals surface area contributed by atoms with Gasteiger partial charge >= 0.3 is 17.1 Å². The number of aromatic nitrogens is 1. The summed E-state index contributed by atoms with van der Waals surface area (Å²) in [5.41, 5.74) is 8.80. The number of benzene rings is 2. The normalized spacial score (nSPS) is 12.0. The molecule has 2 aromatic carbocycles. The van der Waals surface area contributed by atoms with E-state index in [9.17, 15) is 0 Å². The Morgan fingerprint density at radius 2 is 0.979 bits per heavy atom. The molecular weight excluding hydrogens is 670 g/mol. The van der Waals surface area contributed by atoms with Gasteiger partial charge in [-0.2, -0.15) is 0 Å². The molecule has 1 aromatic heterocycles. The van der Waals surface area contributed by atoms with E-state index in [0.717, 1.165) is 52.6 Å². The van der Waals surface area contributed by atoms with Crippen LogP contribution in [-0.4, -0.2) is 32.6 Å². The summed E-state index contributed by atoms with van der Waals surface area (Å²) in [5.74, 6) is 0. The van der Waals surface area contributed by atoms with E-state index in [1.54, 1.807) is 0 Å². The largest absolute Gasteiger partial charge is 2.00 e. The van der Waals surface area contributed by atoms with Gasteiger partial charge in [0.15, 0.2) is 0 Å². The summed E-state index contributed by atoms with van der Waals surface area (Å²) >= 11 is 6.41. The molecule has 0 fully saturated rings. The van der Waals surface area contributed by atoms with Crippen molar-refractivity contribution in [1.29, 1.82) is 0 Å². The zero-order valence-electron chi connectivity index (χ0n) is 31.3. The predicted molar refractivity (Wildman–Crippen MR) is 214 cm³/mol. The Morgan fingerprint density at radius 3 is 1.36 bits per heavy atom. The molecule has 3 nitrogen and oxygen atoms in total. The molecule has 0 aliphatic rings. The molecule has 0 saturated carbocycles. The summed E-state index contributed by atoms with van der Waals surface area (Å²) in [6.07, 6.45) is 1.83. The molecule has 260 valence electrons. The van der Waals surface area contributed by atoms with E-state index in [1.165, 1.54) is 47.4 Å². The monoisotopic (exact) mass is 731 g/mol. The quantitative estimate of drug-likeness (QED) is 0.104. The minimum atomic E-state index is -0.921. The molecule has 1 heterocycles. The summed E-state index contributed by atoms with van der Waals surface area (Å²) in [4.78, 5) is 14.6. The minimum Gasteiger partial charge on any atom is -0.342 e. The van der Waals surface area contributed by atoms with Gasteiger partial charge in [0.05, 0.1) is 39.2 Å². The molecule has 0 radical (unpaired) electrons. The molecule has 0 aliphatic carbocycles. The topological polar surface area (TPSA) is 37.6 Å². The van der Waals surface area contributed by atoms with Crippen molar-refractivity contribution in [3.63, 3.8) is 0 Å². The zero-order valence-corrected chi connectivity index (χ0v) is 35.2. The van der Waals surface area contributed by atoms with Crippen molar-refractivity contribution >= 4 is 50.5 Å². The van der Waals surface area contributed by atoms with Crippen molar-refractivity contribution in [2.24, 2.45) is 9.98 Å². The maximum absolute atomic E-state index is 6.41. The Hall–Kier alpha value is -1.83. The average molecular weight is 732 g/mol. The number of para-hydroxylation sites is 2. The SMILES string of the molecule is CCc1cccc(C)c1N=C(C)c1cccc(C(C)=Nc2c(Cl)cccc2CC)n1.[CH2-][Si](CC)(CC)CC.[CH2-][Si](CC)(CC)CC.[Fe+2]. The van der Waals surface area contributed by atoms with Gasteiger partial charge in [-0.25, -0.2) is 9.98 Å². The minimum absolute atomic E-state index is 0. The summed E-state index contributed by atoms with van der Waals surface area (Å²) < 4.78 is 0. The van der Waals surface area contributed by atoms with Crippen LogP contribution in [0.1, 0.15) is 97.3 Å². The molecule has 47 heavy (non-hydrogen) atoms. The standard InChI is InChI=1S/C26H28ClN3.2C7H17Si.Fe/c1-6-20-12-8-11-17(3)25(20)28-18(4)23-15-10-16-24(30-23)19(5)29-26-21(7-2)13-9-14-22(26)27;2*1-5-8(4,6-2)7-3;/h8-16H,6-7H2,1-5H3;2*4-7H2,1-3H3;/q;2*-1;+2. The maximum atomic E-state index is 6.41. The molecule has 0 atom stereocenters. The van der Waals surface area contributed by atoms with Crippen LogP contribution in [0.2, 0.25) is 41.3 Å². The van der Waals surface area contributed by atoms with Crippen molar-refractivity contribution in [3.05, 3.63) is 101 Å². The zero-order chi connectivity index (χ0) is 34.9. The van der Waals surface area contributed by atoms with E-state index in [-0.39, 0.29) is 17.1 Å². The van der Waals surface area contributed by atoms with Gasteiger partial charge in [0.25, 0.3) is 0 Å². The van der Waals surface area contributed by atoms with Crippen LogP contribution in [0.4, 0.5) is 11.4 Å². The van der Waals surface area contributed by atoms with Crippen LogP contribution in [0.5, 0.6) is 0 Å². The van der Waals surface area contributed by atoms with Gasteiger partial charge in [0, 0.05) is 0 Å². The fraction of sp³-hybridized carbons (Fsp3) is 0.475. The molecule has 0 N–H and O–H groups in total. The Kier molecular flexibility index (Phi) is 21.9. The number of nitrogens with zero attached hydrogens (tertiary/aromatic N) is 3. The third kappa shape index (κ3) is 14.3. The molecule has 0 spiro atoms. The van der Waals surface area contributed by atoms with E-state index in [1.807, 2.05) is 44.2 Å². The first-order chi connectivity index (χ1) is 21.8. The van der Waals surface area contributed by atoms with Crippen LogP contribution < -0.4 is 0 Å². The van der Waals surface area contributed by atoms with Crippen LogP contribution >= 0.6 is 11.6 Å². The number of aryl methyl sites for hydroxylation is 3. The van der Waals surface area contributed by atoms with Crippen molar-refractivity contribution in [3.8, 4) is 0 Å². The van der Waals surface area contributed by atoms with Gasteiger partial charge in [0.2, 0.25) is 0 Å². The third-order valence-corrected chi connectivity index (χ3v) is 19.0. The summed E-state index contributed by atoms with van der Waals surface area (Å²) in [5, 5.41) is 0.661. The van der Waals surface area contributed by atoms with Crippen LogP contribution in [0.3, 0.4) is 0 Å². The number of rotatable bonds is 12. The van der Waals surface area contributed by atoms with E-state index in [0.29, 0.717) is 5.02 Å². The summed E-state index contributed by atoms with van der Waals surface area (Å²) in [6.45, 7) is 32.5. The van der Waals surface area contributed by atoms with Crippen molar-refractivity contribution in [2.75, 3.05) is 0 Å². The smallest absolute Gasteiger partial charge is 0.342 e. The Bertz CT molecular complexity index is 1290. The molecule has 0 unspecified atom stereocenters. The van der Waals surface area contributed by atoms with Crippen LogP contribution in [-0.2, 0) is 29.9 Å². The molecule has 0 aliphatic heterocycles. The third-order valence-electron chi connectivity index (χ3n) is 9.70. The molecule has 0 bridgehead atoms. The fourth-order valence-electron chi connectivity index (χ4n) is 4.92. The Labute approximate surface area is 307 Å². The average Bonchev–Trinajstić information content (AvgIpc) is 3.09. The number of hydrogen-bond donors (Lipinski definition) is 0. The summed E-state index contributed by atoms with van der Waals surface area (Å²) in [6, 6.07) is 26.3. The van der Waals surface area contributed by atoms with Crippen molar-refractivity contribution in [2.45, 2.75) is 125 Å². The second-order valence-electron chi connectivity index (χ2n) is 12.5. The first-order valence-corrected chi connectivity index (χ1v) is 23.5. The van der Waals surface area contributed by atoms with Gasteiger partial charge in [-0.3, -0.25) is 4.99 Å². The molecule has 0 amide bonds. The van der Waals surface area contributed by atoms with E-state index >= 15 is 0 Å². The Balaban J connectivity index is 0.00000103. The first kappa shape index (κ1) is 45.2. The van der Waals surface area contributed by atoms with Gasteiger partial charge in [-0.1, -0.05) is 156 Å². The van der Waals surface area contributed by atoms with Crippen LogP contribution in [0.25, 0.3) is 0 Å². The van der Waals surface area contributed by atoms with Gasteiger partial charge in [0.1, 0.15) is 0 Å². The second kappa shape index (κ2) is 22.7. The fourth-order valence-corrected chi connectivity index (χ4v) is 8.16. The number of hydrogen-bond acceptors (Lipinski definition) is 3. The van der Waals surface area contributed by atoms with Crippen LogP contribution in [0.15, 0.2) is 64.6 Å². The number of aliphatic imine (C=N–C) groups is 2. The second-order valence-corrected chi connectivity index (χ2v) is 23.1. The van der Waals surface area contributed by atoms with Gasteiger partial charge < -0.3 is 13.1 Å². The van der Waals surface area contributed by atoms with Crippen molar-refractivity contribution < 1.29 is 17.1 Å². The van der Waals surface area contributed by atoms with Crippen molar-refractivity contribution in [1.82, 2.24) is 4.98 Å². The van der Waals surface area contributed by atoms with Crippen LogP contribution in [0, 0.1) is 20.0 Å². The van der Waals surface area contributed by atoms with E-state index in [4.69, 9.17) is 26.6 Å². The first-order valence-electron chi connectivity index (χ1n) is 17.5. The number of pyridine rings is 1. The van der Waals surface area contributed by atoms with E-state index < -0.39 is 16.1 Å². The Morgan fingerprint density at radius 1 is 0.617 bits per heavy atom. The van der Waals surface area contributed by atoms with Gasteiger partial charge in [-0.05, 0) is 68.5 Å².